The van der Waals surface area contributed by atoms with Gasteiger partial charge in [0.15, 0.2) is 0 Å². The van der Waals surface area contributed by atoms with E-state index in [-0.39, 0.29) is 23.7 Å². The molecular formula is C16H19Cl2N3O2. The van der Waals surface area contributed by atoms with Crippen LogP contribution in [-0.4, -0.2) is 39.1 Å². The molecular weight excluding hydrogens is 337 g/mol. The van der Waals surface area contributed by atoms with Gasteiger partial charge in [-0.25, -0.2) is 4.98 Å². The monoisotopic (exact) mass is 355 g/mol. The normalized spacial score (nSPS) is 23.4. The summed E-state index contributed by atoms with van der Waals surface area (Å²) in [4.78, 5) is 30.5. The topological polar surface area (TPSA) is 62.3 Å². The molecule has 1 aliphatic carbocycles. The highest BCUT2D eigenvalue weighted by molar-refractivity contribution is 6.52. The molecule has 2 heterocycles. The molecule has 2 amide bonds. The van der Waals surface area contributed by atoms with Gasteiger partial charge in [-0.2, -0.15) is 0 Å². The van der Waals surface area contributed by atoms with E-state index in [1.54, 1.807) is 17.2 Å². The van der Waals surface area contributed by atoms with Gasteiger partial charge in [0.25, 0.3) is 0 Å². The molecule has 1 unspecified atom stereocenters. The van der Waals surface area contributed by atoms with Gasteiger partial charge in [0.05, 0.1) is 5.92 Å². The highest BCUT2D eigenvalue weighted by Crippen LogP contribution is 2.54. The quantitative estimate of drug-likeness (QED) is 0.848. The maximum Gasteiger partial charge on any atom is 0.228 e. The second-order valence-corrected chi connectivity index (χ2v) is 7.87. The first-order valence-electron chi connectivity index (χ1n) is 7.77. The predicted octanol–water partition coefficient (Wildman–Crippen LogP) is 2.76. The van der Waals surface area contributed by atoms with Crippen LogP contribution in [0.5, 0.6) is 0 Å². The van der Waals surface area contributed by atoms with Crippen molar-refractivity contribution < 1.29 is 9.59 Å². The van der Waals surface area contributed by atoms with Gasteiger partial charge in [-0.15, -0.1) is 23.2 Å². The second kappa shape index (κ2) is 6.29. The van der Waals surface area contributed by atoms with Crippen LogP contribution in [0.4, 0.5) is 5.82 Å². The van der Waals surface area contributed by atoms with Crippen LogP contribution >= 0.6 is 23.2 Å². The second-order valence-electron chi connectivity index (χ2n) is 6.33. The van der Waals surface area contributed by atoms with Gasteiger partial charge in [-0.05, 0) is 37.8 Å². The molecule has 0 radical (unpaired) electrons. The fourth-order valence-electron chi connectivity index (χ4n) is 2.83. The Hall–Kier alpha value is -1.33. The standard InChI is InChI=1S/C16H19Cl2N3O2/c1-10-2-3-13(19-9-10)20-14(22)11-4-6-21(7-5-11)15(23)12-8-16(12,17)18/h2-3,9,11-12H,4-8H2,1H3,(H,19,20,22). The van der Waals surface area contributed by atoms with Crippen LogP contribution in [0, 0.1) is 18.8 Å². The molecule has 1 aliphatic heterocycles. The zero-order chi connectivity index (χ0) is 16.6. The number of hydrogen-bond acceptors (Lipinski definition) is 3. The van der Waals surface area contributed by atoms with Gasteiger partial charge in [0.2, 0.25) is 11.8 Å². The molecule has 1 atom stereocenters. The summed E-state index contributed by atoms with van der Waals surface area (Å²) in [6.07, 6.45) is 3.53. The number of pyridine rings is 1. The van der Waals surface area contributed by atoms with Crippen LogP contribution in [0.3, 0.4) is 0 Å². The molecule has 1 aromatic heterocycles. The Morgan fingerprint density at radius 1 is 1.30 bits per heavy atom. The van der Waals surface area contributed by atoms with Gasteiger partial charge in [0, 0.05) is 25.2 Å². The van der Waals surface area contributed by atoms with Gasteiger partial charge in [0.1, 0.15) is 10.2 Å². The molecule has 23 heavy (non-hydrogen) atoms. The van der Waals surface area contributed by atoms with Crippen molar-refractivity contribution in [2.75, 3.05) is 18.4 Å². The summed E-state index contributed by atoms with van der Waals surface area (Å²) in [5.74, 6) is 0.148. The summed E-state index contributed by atoms with van der Waals surface area (Å²) < 4.78 is -0.886. The SMILES string of the molecule is Cc1ccc(NC(=O)C2CCN(C(=O)C3CC3(Cl)Cl)CC2)nc1. The first-order valence-corrected chi connectivity index (χ1v) is 8.52. The molecule has 0 aromatic carbocycles. The number of aromatic nitrogens is 1. The van der Waals surface area contributed by atoms with Crippen LogP contribution in [0.15, 0.2) is 18.3 Å². The van der Waals surface area contributed by atoms with E-state index in [0.717, 1.165) is 5.56 Å². The van der Waals surface area contributed by atoms with E-state index in [4.69, 9.17) is 23.2 Å². The van der Waals surface area contributed by atoms with E-state index in [1.807, 2.05) is 13.0 Å². The molecule has 2 aliphatic rings. The maximum absolute atomic E-state index is 12.3. The van der Waals surface area contributed by atoms with Crippen molar-refractivity contribution >= 4 is 40.8 Å². The van der Waals surface area contributed by atoms with Gasteiger partial charge < -0.3 is 10.2 Å². The lowest BCUT2D eigenvalue weighted by Crippen LogP contribution is -2.42. The first-order chi connectivity index (χ1) is 10.9. The zero-order valence-corrected chi connectivity index (χ0v) is 14.4. The number of hydrogen-bond donors (Lipinski definition) is 1. The van der Waals surface area contributed by atoms with Crippen molar-refractivity contribution in [3.63, 3.8) is 0 Å². The van der Waals surface area contributed by atoms with Crippen molar-refractivity contribution in [3.8, 4) is 0 Å². The summed E-state index contributed by atoms with van der Waals surface area (Å²) in [7, 11) is 0. The third-order valence-electron chi connectivity index (χ3n) is 4.46. The van der Waals surface area contributed by atoms with Crippen LogP contribution in [0.2, 0.25) is 0 Å². The van der Waals surface area contributed by atoms with Crippen LogP contribution in [-0.2, 0) is 9.59 Å². The minimum Gasteiger partial charge on any atom is -0.342 e. The minimum absolute atomic E-state index is 0.00839. The predicted molar refractivity (Wildman–Crippen MR) is 89.5 cm³/mol. The number of piperidine rings is 1. The van der Waals surface area contributed by atoms with Gasteiger partial charge >= 0.3 is 0 Å². The molecule has 1 saturated carbocycles. The summed E-state index contributed by atoms with van der Waals surface area (Å²) >= 11 is 11.9. The average Bonchev–Trinajstić information content (AvgIpc) is 3.17. The first kappa shape index (κ1) is 16.5. The Labute approximate surface area is 145 Å². The molecule has 5 nitrogen and oxygen atoms in total. The molecule has 1 aromatic rings. The summed E-state index contributed by atoms with van der Waals surface area (Å²) in [6, 6.07) is 3.70. The Balaban J connectivity index is 1.49. The smallest absolute Gasteiger partial charge is 0.228 e. The number of rotatable bonds is 3. The minimum atomic E-state index is -0.886. The molecule has 2 fully saturated rings. The van der Waals surface area contributed by atoms with Gasteiger partial charge in [-0.3, -0.25) is 9.59 Å². The average molecular weight is 356 g/mol. The number of carbonyl (C=O) groups excluding carboxylic acids is 2. The van der Waals surface area contributed by atoms with E-state index in [2.05, 4.69) is 10.3 Å². The lowest BCUT2D eigenvalue weighted by Gasteiger charge is -2.31. The van der Waals surface area contributed by atoms with E-state index in [1.165, 1.54) is 0 Å². The van der Waals surface area contributed by atoms with Crippen molar-refractivity contribution in [1.29, 1.82) is 0 Å². The lowest BCUT2D eigenvalue weighted by atomic mass is 9.95. The number of anilines is 1. The zero-order valence-electron chi connectivity index (χ0n) is 12.9. The number of alkyl halides is 2. The van der Waals surface area contributed by atoms with Crippen LogP contribution in [0.1, 0.15) is 24.8 Å². The molecule has 1 N–H and O–H groups in total. The number of halogens is 2. The molecule has 0 bridgehead atoms. The number of amides is 2. The highest BCUT2D eigenvalue weighted by Gasteiger charge is 2.57. The third kappa shape index (κ3) is 3.78. The Kier molecular flexibility index (Phi) is 4.52. The number of nitrogens with zero attached hydrogens (tertiary/aromatic N) is 2. The Bertz CT molecular complexity index is 610. The highest BCUT2D eigenvalue weighted by atomic mass is 35.5. The Morgan fingerprint density at radius 2 is 1.96 bits per heavy atom. The molecule has 3 rings (SSSR count). The molecule has 124 valence electrons. The summed E-state index contributed by atoms with van der Waals surface area (Å²) in [6.45, 7) is 3.08. The number of nitrogens with one attached hydrogen (secondary N) is 1. The van der Waals surface area contributed by atoms with Crippen molar-refractivity contribution in [3.05, 3.63) is 23.9 Å². The van der Waals surface area contributed by atoms with Gasteiger partial charge in [-0.1, -0.05) is 6.07 Å². The van der Waals surface area contributed by atoms with E-state index in [0.29, 0.717) is 38.2 Å². The van der Waals surface area contributed by atoms with Crippen molar-refractivity contribution in [1.82, 2.24) is 9.88 Å². The molecule has 7 heteroatoms. The maximum atomic E-state index is 12.3. The largest absolute Gasteiger partial charge is 0.342 e. The van der Waals surface area contributed by atoms with Crippen LogP contribution in [0.25, 0.3) is 0 Å². The van der Waals surface area contributed by atoms with E-state index < -0.39 is 4.33 Å². The fraction of sp³-hybridized carbons (Fsp3) is 0.562. The lowest BCUT2D eigenvalue weighted by molar-refractivity contribution is -0.135. The summed E-state index contributed by atoms with van der Waals surface area (Å²) in [5.41, 5.74) is 1.05. The Morgan fingerprint density at radius 3 is 2.48 bits per heavy atom. The molecule has 0 spiro atoms. The molecule has 1 saturated heterocycles. The fourth-order valence-corrected chi connectivity index (χ4v) is 3.33. The summed E-state index contributed by atoms with van der Waals surface area (Å²) in [5, 5.41) is 2.84. The van der Waals surface area contributed by atoms with E-state index >= 15 is 0 Å². The number of carbonyl (C=O) groups is 2. The van der Waals surface area contributed by atoms with E-state index in [9.17, 15) is 9.59 Å². The number of aryl methyl sites for hydroxylation is 1. The number of likely N-dealkylation sites (tertiary alicyclic amines) is 1. The van der Waals surface area contributed by atoms with Crippen LogP contribution < -0.4 is 5.32 Å². The third-order valence-corrected chi connectivity index (χ3v) is 5.30. The van der Waals surface area contributed by atoms with Crippen molar-refractivity contribution in [2.24, 2.45) is 11.8 Å². The van der Waals surface area contributed by atoms with Crippen molar-refractivity contribution in [2.45, 2.75) is 30.5 Å².